The van der Waals surface area contributed by atoms with Crippen LogP contribution in [0.4, 0.5) is 0 Å². The Kier molecular flexibility index (Phi) is 8.15. The van der Waals surface area contributed by atoms with Gasteiger partial charge in [-0.05, 0) is 61.6 Å². The number of hydrogen-bond donors (Lipinski definition) is 3. The summed E-state index contributed by atoms with van der Waals surface area (Å²) in [6.07, 6.45) is 5.14. The van der Waals surface area contributed by atoms with Gasteiger partial charge < -0.3 is 20.4 Å². The smallest absolute Gasteiger partial charge is 0.287 e. The summed E-state index contributed by atoms with van der Waals surface area (Å²) in [5, 5.41) is 8.43. The first-order valence-corrected chi connectivity index (χ1v) is 12.4. The van der Waals surface area contributed by atoms with Gasteiger partial charge in [0.05, 0.1) is 0 Å². The highest BCUT2D eigenvalue weighted by Gasteiger charge is 2.31. The van der Waals surface area contributed by atoms with Crippen LogP contribution in [-0.2, 0) is 11.3 Å². The Morgan fingerprint density at radius 3 is 2.53 bits per heavy atom. The largest absolute Gasteiger partial charge is 0.451 e. The molecule has 1 saturated carbocycles. The van der Waals surface area contributed by atoms with Gasteiger partial charge in [0.15, 0.2) is 5.76 Å². The van der Waals surface area contributed by atoms with Gasteiger partial charge in [-0.15, -0.1) is 0 Å². The average molecular weight is 489 g/mol. The maximum absolute atomic E-state index is 12.9. The van der Waals surface area contributed by atoms with Gasteiger partial charge in [-0.2, -0.15) is 0 Å². The molecule has 8 heteroatoms. The zero-order chi connectivity index (χ0) is 25.5. The van der Waals surface area contributed by atoms with Crippen LogP contribution in [0.3, 0.4) is 0 Å². The van der Waals surface area contributed by atoms with Crippen molar-refractivity contribution in [3.05, 3.63) is 77.3 Å². The van der Waals surface area contributed by atoms with Crippen molar-refractivity contribution in [3.8, 4) is 11.3 Å². The minimum absolute atomic E-state index is 0.124. The summed E-state index contributed by atoms with van der Waals surface area (Å²) in [6, 6.07) is 15.6. The predicted octanol–water partition coefficient (Wildman–Crippen LogP) is 4.00. The molecule has 1 aromatic carbocycles. The third-order valence-corrected chi connectivity index (χ3v) is 6.55. The van der Waals surface area contributed by atoms with Gasteiger partial charge in [0, 0.05) is 24.8 Å². The summed E-state index contributed by atoms with van der Waals surface area (Å²) in [4.78, 5) is 42.1. The lowest BCUT2D eigenvalue weighted by Crippen LogP contribution is -2.50. The summed E-state index contributed by atoms with van der Waals surface area (Å²) in [7, 11) is 1.59. The van der Waals surface area contributed by atoms with Crippen LogP contribution < -0.4 is 16.0 Å². The molecule has 0 aliphatic heterocycles. The number of carbonyl (C=O) groups excluding carboxylic acids is 3. The van der Waals surface area contributed by atoms with E-state index in [4.69, 9.17) is 4.42 Å². The van der Waals surface area contributed by atoms with E-state index < -0.39 is 11.9 Å². The van der Waals surface area contributed by atoms with Gasteiger partial charge >= 0.3 is 0 Å². The Labute approximate surface area is 210 Å². The van der Waals surface area contributed by atoms with Crippen molar-refractivity contribution >= 4 is 17.7 Å². The lowest BCUT2D eigenvalue weighted by molar-refractivity contribution is -0.124. The number of hydrogen-bond acceptors (Lipinski definition) is 5. The number of aryl methyl sites for hydroxylation is 1. The van der Waals surface area contributed by atoms with E-state index in [0.717, 1.165) is 48.9 Å². The number of furan rings is 1. The highest BCUT2D eigenvalue weighted by molar-refractivity contribution is 5.96. The van der Waals surface area contributed by atoms with Crippen LogP contribution in [0, 0.1) is 12.8 Å². The molecular formula is C28H32N4O4. The molecule has 1 atom stereocenters. The topological polar surface area (TPSA) is 113 Å². The van der Waals surface area contributed by atoms with Crippen molar-refractivity contribution in [2.45, 2.75) is 51.6 Å². The van der Waals surface area contributed by atoms with Crippen LogP contribution >= 0.6 is 0 Å². The molecule has 0 bridgehead atoms. The van der Waals surface area contributed by atoms with Crippen molar-refractivity contribution in [3.63, 3.8) is 0 Å². The molecule has 4 rings (SSSR count). The Morgan fingerprint density at radius 1 is 1.00 bits per heavy atom. The molecule has 0 radical (unpaired) electrons. The Balaban J connectivity index is 1.41. The number of nitrogens with one attached hydrogen (secondary N) is 3. The number of rotatable bonds is 8. The normalized spacial score (nSPS) is 14.6. The van der Waals surface area contributed by atoms with Crippen LogP contribution in [0.25, 0.3) is 11.3 Å². The van der Waals surface area contributed by atoms with Gasteiger partial charge in [0.1, 0.15) is 17.5 Å². The molecule has 8 nitrogen and oxygen atoms in total. The molecule has 1 unspecified atom stereocenters. The van der Waals surface area contributed by atoms with Crippen molar-refractivity contribution in [1.29, 1.82) is 0 Å². The van der Waals surface area contributed by atoms with E-state index in [9.17, 15) is 14.4 Å². The molecule has 0 saturated heterocycles. The Bertz CT molecular complexity index is 1230. The maximum atomic E-state index is 12.9. The summed E-state index contributed by atoms with van der Waals surface area (Å²) < 4.78 is 5.86. The molecule has 3 amide bonds. The van der Waals surface area contributed by atoms with Gasteiger partial charge in [-0.1, -0.05) is 43.5 Å². The molecule has 3 aromatic rings. The molecule has 1 aliphatic carbocycles. The minimum atomic E-state index is -0.578. The summed E-state index contributed by atoms with van der Waals surface area (Å²) in [6.45, 7) is 2.17. The molecule has 3 N–H and O–H groups in total. The van der Waals surface area contributed by atoms with E-state index in [1.54, 1.807) is 31.3 Å². The fraction of sp³-hybridized carbons (Fsp3) is 0.357. The standard InChI is InChI=1S/C28H32N4O4/c1-18-8-6-13-22(31-18)26(33)30-17-19-9-7-12-21(16-19)23-14-15-24(36-23)27(34)32-25(28(35)29-2)20-10-4-3-5-11-20/h6-9,12-16,20,25H,3-5,10-11,17H2,1-2H3,(H,29,35)(H,30,33)(H,32,34). The number of pyridine rings is 1. The summed E-state index contributed by atoms with van der Waals surface area (Å²) >= 11 is 0. The zero-order valence-corrected chi connectivity index (χ0v) is 20.7. The number of nitrogens with zero attached hydrogens (tertiary/aromatic N) is 1. The maximum Gasteiger partial charge on any atom is 0.287 e. The number of aromatic nitrogens is 1. The number of carbonyl (C=O) groups is 3. The first-order chi connectivity index (χ1) is 17.4. The molecule has 2 heterocycles. The monoisotopic (exact) mass is 488 g/mol. The predicted molar refractivity (Wildman–Crippen MR) is 136 cm³/mol. The van der Waals surface area contributed by atoms with E-state index in [1.165, 1.54) is 0 Å². The van der Waals surface area contributed by atoms with E-state index in [0.29, 0.717) is 18.0 Å². The lowest BCUT2D eigenvalue weighted by Gasteiger charge is -2.29. The van der Waals surface area contributed by atoms with Crippen LogP contribution in [0.2, 0.25) is 0 Å². The zero-order valence-electron chi connectivity index (χ0n) is 20.7. The van der Waals surface area contributed by atoms with Gasteiger partial charge in [0.2, 0.25) is 5.91 Å². The highest BCUT2D eigenvalue weighted by Crippen LogP contribution is 2.28. The summed E-state index contributed by atoms with van der Waals surface area (Å²) in [5.74, 6) is -0.0300. The summed E-state index contributed by atoms with van der Waals surface area (Å²) in [5.41, 5.74) is 2.82. The van der Waals surface area contributed by atoms with E-state index in [1.807, 2.05) is 37.3 Å². The van der Waals surface area contributed by atoms with Crippen LogP contribution in [0.5, 0.6) is 0 Å². The average Bonchev–Trinajstić information content (AvgIpc) is 3.41. The van der Waals surface area contributed by atoms with Gasteiger partial charge in [-0.3, -0.25) is 14.4 Å². The van der Waals surface area contributed by atoms with E-state index >= 15 is 0 Å². The quantitative estimate of drug-likeness (QED) is 0.444. The Morgan fingerprint density at radius 2 is 1.78 bits per heavy atom. The molecule has 0 spiro atoms. The molecular weight excluding hydrogens is 456 g/mol. The molecule has 1 fully saturated rings. The van der Waals surface area contributed by atoms with Crippen molar-refractivity contribution in [2.24, 2.45) is 5.92 Å². The van der Waals surface area contributed by atoms with E-state index in [2.05, 4.69) is 20.9 Å². The molecule has 2 aromatic heterocycles. The fourth-order valence-electron chi connectivity index (χ4n) is 4.62. The molecule has 36 heavy (non-hydrogen) atoms. The van der Waals surface area contributed by atoms with Crippen molar-refractivity contribution in [2.75, 3.05) is 7.05 Å². The van der Waals surface area contributed by atoms with Crippen molar-refractivity contribution < 1.29 is 18.8 Å². The first kappa shape index (κ1) is 25.2. The molecule has 188 valence electrons. The number of likely N-dealkylation sites (N-methyl/N-ethyl adjacent to an activating group) is 1. The number of benzene rings is 1. The van der Waals surface area contributed by atoms with Crippen LogP contribution in [0.1, 0.15) is 64.4 Å². The van der Waals surface area contributed by atoms with Gasteiger partial charge in [-0.25, -0.2) is 4.98 Å². The first-order valence-electron chi connectivity index (χ1n) is 12.4. The van der Waals surface area contributed by atoms with E-state index in [-0.39, 0.29) is 23.5 Å². The second-order valence-corrected chi connectivity index (χ2v) is 9.17. The van der Waals surface area contributed by atoms with Gasteiger partial charge in [0.25, 0.3) is 11.8 Å². The fourth-order valence-corrected chi connectivity index (χ4v) is 4.62. The minimum Gasteiger partial charge on any atom is -0.451 e. The second-order valence-electron chi connectivity index (χ2n) is 9.17. The van der Waals surface area contributed by atoms with Crippen LogP contribution in [-0.4, -0.2) is 35.8 Å². The van der Waals surface area contributed by atoms with Crippen molar-refractivity contribution in [1.82, 2.24) is 20.9 Å². The SMILES string of the molecule is CNC(=O)C(NC(=O)c1ccc(-c2cccc(CNC(=O)c3cccc(C)n3)c2)o1)C1CCCCC1. The highest BCUT2D eigenvalue weighted by atomic mass is 16.4. The second kappa shape index (κ2) is 11.7. The third kappa shape index (κ3) is 6.19. The van der Waals surface area contributed by atoms with Crippen LogP contribution in [0.15, 0.2) is 59.0 Å². The molecule has 1 aliphatic rings. The lowest BCUT2D eigenvalue weighted by atomic mass is 9.83. The number of amides is 3. The Hall–Kier alpha value is -3.94. The third-order valence-electron chi connectivity index (χ3n) is 6.55.